The first-order valence-electron chi connectivity index (χ1n) is 8.08. The summed E-state index contributed by atoms with van der Waals surface area (Å²) in [4.78, 5) is 11.5. The lowest BCUT2D eigenvalue weighted by atomic mass is 9.99. The van der Waals surface area contributed by atoms with Crippen molar-refractivity contribution in [3.8, 4) is 0 Å². The molecule has 0 bridgehead atoms. The molecule has 2 heterocycles. The highest BCUT2D eigenvalue weighted by molar-refractivity contribution is 7.98. The third-order valence-electron chi connectivity index (χ3n) is 4.07. The standard InChI is InChI=1S/C18H23N3OS/c1-22-13-16-8-5-9-21(12-16)17-10-19-11-18(20-17)23-14-15-6-3-2-4-7-15/h2-4,6-7,10-11,16H,5,8-9,12-14H2,1H3. The molecule has 1 aromatic carbocycles. The van der Waals surface area contributed by atoms with E-state index in [1.165, 1.54) is 18.4 Å². The molecule has 0 radical (unpaired) electrons. The number of aromatic nitrogens is 2. The number of rotatable bonds is 6. The van der Waals surface area contributed by atoms with Crippen LogP contribution in [-0.2, 0) is 10.5 Å². The molecule has 4 nitrogen and oxygen atoms in total. The fraction of sp³-hybridized carbons (Fsp3) is 0.444. The van der Waals surface area contributed by atoms with Crippen molar-refractivity contribution in [3.05, 3.63) is 48.3 Å². The second-order valence-electron chi connectivity index (χ2n) is 5.90. The molecule has 0 N–H and O–H groups in total. The van der Waals surface area contributed by atoms with E-state index in [2.05, 4.69) is 34.1 Å². The van der Waals surface area contributed by atoms with Gasteiger partial charge < -0.3 is 9.64 Å². The number of hydrogen-bond acceptors (Lipinski definition) is 5. The van der Waals surface area contributed by atoms with Crippen molar-refractivity contribution < 1.29 is 4.74 Å². The van der Waals surface area contributed by atoms with Gasteiger partial charge in [-0.3, -0.25) is 4.98 Å². The first-order chi connectivity index (χ1) is 11.3. The first kappa shape index (κ1) is 16.3. The summed E-state index contributed by atoms with van der Waals surface area (Å²) >= 11 is 1.74. The number of piperidine rings is 1. The monoisotopic (exact) mass is 329 g/mol. The van der Waals surface area contributed by atoms with Gasteiger partial charge in [-0.05, 0) is 24.3 Å². The minimum absolute atomic E-state index is 0.594. The van der Waals surface area contributed by atoms with Gasteiger partial charge in [-0.25, -0.2) is 4.98 Å². The number of anilines is 1. The van der Waals surface area contributed by atoms with E-state index >= 15 is 0 Å². The molecule has 1 atom stereocenters. The van der Waals surface area contributed by atoms with E-state index in [-0.39, 0.29) is 0 Å². The summed E-state index contributed by atoms with van der Waals surface area (Å²) in [7, 11) is 1.78. The van der Waals surface area contributed by atoms with Gasteiger partial charge in [0.1, 0.15) is 10.8 Å². The lowest BCUT2D eigenvalue weighted by Gasteiger charge is -2.33. The molecule has 1 aliphatic rings. The third kappa shape index (κ3) is 4.69. The second kappa shape index (κ2) is 8.31. The minimum Gasteiger partial charge on any atom is -0.384 e. The Bertz CT molecular complexity index is 606. The SMILES string of the molecule is COCC1CCCN(c2cncc(SCc3ccccc3)n2)C1. The lowest BCUT2D eigenvalue weighted by molar-refractivity contribution is 0.143. The maximum atomic E-state index is 5.31. The van der Waals surface area contributed by atoms with E-state index in [9.17, 15) is 0 Å². The van der Waals surface area contributed by atoms with Crippen molar-refractivity contribution in [2.24, 2.45) is 5.92 Å². The summed E-state index contributed by atoms with van der Waals surface area (Å²) in [5, 5.41) is 0.986. The van der Waals surface area contributed by atoms with Crippen LogP contribution in [0.5, 0.6) is 0 Å². The number of hydrogen-bond donors (Lipinski definition) is 0. The zero-order chi connectivity index (χ0) is 15.9. The maximum Gasteiger partial charge on any atom is 0.148 e. The van der Waals surface area contributed by atoms with Crippen molar-refractivity contribution >= 4 is 17.6 Å². The Balaban J connectivity index is 1.62. The van der Waals surface area contributed by atoms with Gasteiger partial charge in [-0.15, -0.1) is 11.8 Å². The van der Waals surface area contributed by atoms with Gasteiger partial charge in [0, 0.05) is 26.0 Å². The molecule has 0 spiro atoms. The quantitative estimate of drug-likeness (QED) is 0.757. The van der Waals surface area contributed by atoms with Crippen LogP contribution >= 0.6 is 11.8 Å². The molecule has 1 aromatic heterocycles. The van der Waals surface area contributed by atoms with Gasteiger partial charge in [-0.2, -0.15) is 0 Å². The topological polar surface area (TPSA) is 38.2 Å². The molecule has 1 fully saturated rings. The molecule has 0 aliphatic carbocycles. The molecule has 1 aliphatic heterocycles. The Morgan fingerprint density at radius 2 is 2.13 bits per heavy atom. The second-order valence-corrected chi connectivity index (χ2v) is 6.90. The van der Waals surface area contributed by atoms with E-state index in [4.69, 9.17) is 9.72 Å². The Kier molecular flexibility index (Phi) is 5.88. The van der Waals surface area contributed by atoms with Gasteiger partial charge in [0.05, 0.1) is 19.0 Å². The highest BCUT2D eigenvalue weighted by atomic mass is 32.2. The predicted molar refractivity (Wildman–Crippen MR) is 94.8 cm³/mol. The van der Waals surface area contributed by atoms with Crippen LogP contribution in [0.15, 0.2) is 47.8 Å². The van der Waals surface area contributed by atoms with Crippen molar-refractivity contribution in [3.63, 3.8) is 0 Å². The van der Waals surface area contributed by atoms with Crippen molar-refractivity contribution in [1.82, 2.24) is 9.97 Å². The Morgan fingerprint density at radius 3 is 2.96 bits per heavy atom. The largest absolute Gasteiger partial charge is 0.384 e. The zero-order valence-corrected chi connectivity index (χ0v) is 14.3. The minimum atomic E-state index is 0.594. The van der Waals surface area contributed by atoms with Crippen LogP contribution in [0.25, 0.3) is 0 Å². The van der Waals surface area contributed by atoms with Crippen LogP contribution in [0.3, 0.4) is 0 Å². The highest BCUT2D eigenvalue weighted by Gasteiger charge is 2.21. The first-order valence-corrected chi connectivity index (χ1v) is 9.06. The van der Waals surface area contributed by atoms with E-state index in [0.717, 1.165) is 36.3 Å². The number of nitrogens with zero attached hydrogens (tertiary/aromatic N) is 3. The zero-order valence-electron chi connectivity index (χ0n) is 13.5. The van der Waals surface area contributed by atoms with E-state index in [0.29, 0.717) is 5.92 Å². The number of methoxy groups -OCH3 is 1. The van der Waals surface area contributed by atoms with Crippen LogP contribution < -0.4 is 4.90 Å². The molecule has 23 heavy (non-hydrogen) atoms. The summed E-state index contributed by atoms with van der Waals surface area (Å²) in [5.41, 5.74) is 1.31. The Labute approximate surface area is 142 Å². The fourth-order valence-corrected chi connectivity index (χ4v) is 3.74. The van der Waals surface area contributed by atoms with Gasteiger partial charge in [0.2, 0.25) is 0 Å². The van der Waals surface area contributed by atoms with E-state index in [1.807, 2.05) is 18.5 Å². The maximum absolute atomic E-state index is 5.31. The molecule has 1 saturated heterocycles. The third-order valence-corrected chi connectivity index (χ3v) is 5.04. The molecule has 3 rings (SSSR count). The molecule has 0 amide bonds. The van der Waals surface area contributed by atoms with E-state index in [1.54, 1.807) is 18.9 Å². The van der Waals surface area contributed by atoms with Crippen LogP contribution in [0.2, 0.25) is 0 Å². The highest BCUT2D eigenvalue weighted by Crippen LogP contribution is 2.25. The van der Waals surface area contributed by atoms with Gasteiger partial charge in [-0.1, -0.05) is 30.3 Å². The molecular formula is C18H23N3OS. The van der Waals surface area contributed by atoms with Crippen LogP contribution in [0, 0.1) is 5.92 Å². The Morgan fingerprint density at radius 1 is 1.26 bits per heavy atom. The summed E-state index contributed by atoms with van der Waals surface area (Å²) in [5.74, 6) is 2.51. The summed E-state index contributed by atoms with van der Waals surface area (Å²) in [6.45, 7) is 2.89. The average Bonchev–Trinajstić information content (AvgIpc) is 2.62. The van der Waals surface area contributed by atoms with Crippen molar-refractivity contribution in [2.45, 2.75) is 23.6 Å². The van der Waals surface area contributed by atoms with Crippen molar-refractivity contribution in [2.75, 3.05) is 31.7 Å². The Hall–Kier alpha value is -1.59. The molecular weight excluding hydrogens is 306 g/mol. The predicted octanol–water partition coefficient (Wildman–Crippen LogP) is 3.63. The molecule has 122 valence electrons. The average molecular weight is 329 g/mol. The van der Waals surface area contributed by atoms with Crippen LogP contribution in [0.1, 0.15) is 18.4 Å². The molecule has 0 saturated carbocycles. The number of thioether (sulfide) groups is 1. The molecule has 2 aromatic rings. The van der Waals surface area contributed by atoms with Crippen LogP contribution in [-0.4, -0.2) is 36.8 Å². The van der Waals surface area contributed by atoms with Gasteiger partial charge in [0.25, 0.3) is 0 Å². The van der Waals surface area contributed by atoms with Crippen LogP contribution in [0.4, 0.5) is 5.82 Å². The fourth-order valence-electron chi connectivity index (χ4n) is 2.94. The number of benzene rings is 1. The summed E-state index contributed by atoms with van der Waals surface area (Å²) in [6, 6.07) is 10.5. The number of ether oxygens (including phenoxy) is 1. The normalized spacial score (nSPS) is 18.1. The lowest BCUT2D eigenvalue weighted by Crippen LogP contribution is -2.37. The van der Waals surface area contributed by atoms with Gasteiger partial charge >= 0.3 is 0 Å². The smallest absolute Gasteiger partial charge is 0.148 e. The summed E-state index contributed by atoms with van der Waals surface area (Å²) in [6.07, 6.45) is 6.16. The molecule has 1 unspecified atom stereocenters. The molecule has 5 heteroatoms. The van der Waals surface area contributed by atoms with E-state index < -0.39 is 0 Å². The summed E-state index contributed by atoms with van der Waals surface area (Å²) < 4.78 is 5.31. The van der Waals surface area contributed by atoms with Crippen molar-refractivity contribution in [1.29, 1.82) is 0 Å². The van der Waals surface area contributed by atoms with Gasteiger partial charge in [0.15, 0.2) is 0 Å².